The van der Waals surface area contributed by atoms with Crippen LogP contribution in [0.4, 0.5) is 8.78 Å². The quantitative estimate of drug-likeness (QED) is 0.544. The van der Waals surface area contributed by atoms with Gasteiger partial charge in [0.05, 0.1) is 56.3 Å². The third-order valence-corrected chi connectivity index (χ3v) is 6.25. The van der Waals surface area contributed by atoms with E-state index in [2.05, 4.69) is 15.2 Å². The lowest BCUT2D eigenvalue weighted by Gasteiger charge is -2.38. The number of H-pyrrole nitrogens is 1. The van der Waals surface area contributed by atoms with Gasteiger partial charge in [0, 0.05) is 12.1 Å². The summed E-state index contributed by atoms with van der Waals surface area (Å²) in [7, 11) is 3.00. The van der Waals surface area contributed by atoms with Crippen molar-refractivity contribution in [1.29, 1.82) is 0 Å². The van der Waals surface area contributed by atoms with Crippen LogP contribution in [0.2, 0.25) is 0 Å². The first-order valence-corrected chi connectivity index (χ1v) is 11.7. The minimum Gasteiger partial charge on any atom is -0.506 e. The Hall–Kier alpha value is -3.76. The maximum Gasteiger partial charge on any atom is 0.282 e. The molecule has 0 atom stereocenters. The Morgan fingerprint density at radius 2 is 1.81 bits per heavy atom. The minimum absolute atomic E-state index is 0.0312. The Morgan fingerprint density at radius 3 is 2.39 bits per heavy atom. The summed E-state index contributed by atoms with van der Waals surface area (Å²) in [6.07, 6.45) is 1.98. The van der Waals surface area contributed by atoms with Crippen molar-refractivity contribution in [2.75, 3.05) is 27.3 Å². The van der Waals surface area contributed by atoms with Crippen LogP contribution in [0.15, 0.2) is 33.2 Å². The summed E-state index contributed by atoms with van der Waals surface area (Å²) in [5, 5.41) is 19.5. The number of methoxy groups -OCH3 is 2. The van der Waals surface area contributed by atoms with E-state index < -0.39 is 30.5 Å². The van der Waals surface area contributed by atoms with Gasteiger partial charge in [-0.05, 0) is 25.0 Å². The van der Waals surface area contributed by atoms with Gasteiger partial charge in [-0.3, -0.25) is 9.59 Å². The van der Waals surface area contributed by atoms with Gasteiger partial charge in [-0.15, -0.1) is 0 Å². The van der Waals surface area contributed by atoms with Crippen molar-refractivity contribution in [3.63, 3.8) is 0 Å². The molecule has 9 nitrogen and oxygen atoms in total. The Labute approximate surface area is 206 Å². The maximum absolute atomic E-state index is 13.1. The van der Waals surface area contributed by atoms with Crippen LogP contribution in [0.25, 0.3) is 11.1 Å². The van der Waals surface area contributed by atoms with E-state index in [4.69, 9.17) is 9.47 Å². The Balaban J connectivity index is 1.69. The summed E-state index contributed by atoms with van der Waals surface area (Å²) in [6.45, 7) is 0.789. The molecular formula is C25H28F2N4O5. The van der Waals surface area contributed by atoms with Crippen LogP contribution in [0.5, 0.6) is 17.2 Å². The van der Waals surface area contributed by atoms with Gasteiger partial charge in [-0.1, -0.05) is 19.4 Å². The highest BCUT2D eigenvalue weighted by Gasteiger charge is 2.46. The number of likely N-dealkylation sites (tertiary alicyclic amines) is 1. The topological polar surface area (TPSA) is 117 Å². The van der Waals surface area contributed by atoms with Crippen molar-refractivity contribution in [2.24, 2.45) is 10.2 Å². The number of aryl methyl sites for hydroxylation is 1. The number of amides is 1. The average molecular weight is 503 g/mol. The molecule has 1 saturated heterocycles. The molecule has 0 bridgehead atoms. The molecule has 192 valence electrons. The summed E-state index contributed by atoms with van der Waals surface area (Å²) in [5.41, 5.74) is 1.28. The summed E-state index contributed by atoms with van der Waals surface area (Å²) >= 11 is 0. The predicted molar refractivity (Wildman–Crippen MR) is 131 cm³/mol. The number of hydrogen-bond donors (Lipinski definition) is 2. The van der Waals surface area contributed by atoms with Crippen LogP contribution in [0, 0.1) is 0 Å². The normalized spacial score (nSPS) is 16.3. The van der Waals surface area contributed by atoms with E-state index in [1.165, 1.54) is 14.2 Å². The van der Waals surface area contributed by atoms with Crippen LogP contribution in [-0.2, 0) is 11.2 Å². The third-order valence-electron chi connectivity index (χ3n) is 6.25. The van der Waals surface area contributed by atoms with Crippen molar-refractivity contribution in [3.8, 4) is 28.4 Å². The lowest BCUT2D eigenvalue weighted by atomic mass is 9.93. The van der Waals surface area contributed by atoms with Gasteiger partial charge < -0.3 is 24.5 Å². The number of benzene rings is 1. The number of rotatable bonds is 9. The van der Waals surface area contributed by atoms with Crippen LogP contribution in [0.1, 0.15) is 43.9 Å². The lowest BCUT2D eigenvalue weighted by Crippen LogP contribution is -2.58. The average Bonchev–Trinajstić information content (AvgIpc) is 3.28. The second-order valence-electron chi connectivity index (χ2n) is 8.84. The molecule has 0 unspecified atom stereocenters. The molecule has 0 radical (unpaired) electrons. The molecule has 2 N–H and O–H groups in total. The molecule has 0 saturated carbocycles. The van der Waals surface area contributed by atoms with Crippen molar-refractivity contribution in [2.45, 2.75) is 45.0 Å². The zero-order valence-corrected chi connectivity index (χ0v) is 20.4. The number of nitrogens with zero attached hydrogens (tertiary/aromatic N) is 3. The van der Waals surface area contributed by atoms with Gasteiger partial charge >= 0.3 is 0 Å². The van der Waals surface area contributed by atoms with Gasteiger partial charge in [0.2, 0.25) is 5.91 Å². The first kappa shape index (κ1) is 25.3. The number of aromatic hydroxyl groups is 1. The number of unbranched alkanes of at least 4 members (excludes halogenated alkanes) is 1. The number of aromatic nitrogens is 1. The monoisotopic (exact) mass is 502 g/mol. The molecule has 0 aliphatic carbocycles. The Kier molecular flexibility index (Phi) is 7.09. The number of aromatic amines is 1. The summed E-state index contributed by atoms with van der Waals surface area (Å²) in [4.78, 5) is 29.3. The van der Waals surface area contributed by atoms with E-state index >= 15 is 0 Å². The molecule has 2 aromatic rings. The summed E-state index contributed by atoms with van der Waals surface area (Å²) < 4.78 is 37.3. The standard InChI is InChI=1S/C25H28F2N4O5/c1-4-5-7-15-20(22-17(35-2)8-6-9-18(22)36-3)23(33)21(24(34)28-15)16-10-14(29-30-16)11-19(32)31-12-25(26,27)13-31/h6,8-9H,4-5,7,10-13H2,1-3H3,(H2,28,33,34). The van der Waals surface area contributed by atoms with E-state index in [1.807, 2.05) is 6.92 Å². The van der Waals surface area contributed by atoms with Crippen LogP contribution >= 0.6 is 0 Å². The molecule has 11 heteroatoms. The maximum atomic E-state index is 13.1. The van der Waals surface area contributed by atoms with Gasteiger partial charge in [-0.25, -0.2) is 8.78 Å². The second kappa shape index (κ2) is 10.1. The van der Waals surface area contributed by atoms with Gasteiger partial charge in [0.15, 0.2) is 0 Å². The molecular weight excluding hydrogens is 474 g/mol. The highest BCUT2D eigenvalue weighted by atomic mass is 19.3. The van der Waals surface area contributed by atoms with Gasteiger partial charge in [-0.2, -0.15) is 10.2 Å². The van der Waals surface area contributed by atoms with Gasteiger partial charge in [0.1, 0.15) is 22.8 Å². The molecule has 4 rings (SSSR count). The number of hydrogen-bond acceptors (Lipinski definition) is 7. The molecule has 1 aromatic carbocycles. The number of alkyl halides is 2. The molecule has 1 amide bonds. The summed E-state index contributed by atoms with van der Waals surface area (Å²) in [6, 6.07) is 5.21. The third kappa shape index (κ3) is 4.82. The Bertz CT molecular complexity index is 1270. The van der Waals surface area contributed by atoms with E-state index in [0.717, 1.165) is 17.7 Å². The first-order chi connectivity index (χ1) is 17.2. The predicted octanol–water partition coefficient (Wildman–Crippen LogP) is 3.52. The van der Waals surface area contributed by atoms with E-state index in [0.29, 0.717) is 40.5 Å². The number of carbonyl (C=O) groups excluding carboxylic acids is 1. The molecule has 2 aliphatic rings. The van der Waals surface area contributed by atoms with Crippen molar-refractivity contribution in [3.05, 3.63) is 39.8 Å². The molecule has 3 heterocycles. The first-order valence-electron chi connectivity index (χ1n) is 11.7. The molecule has 0 spiro atoms. The molecule has 1 aromatic heterocycles. The zero-order chi connectivity index (χ0) is 26.0. The SMILES string of the molecule is CCCCc1[nH]c(=O)c(C2=NN=C(CC(=O)N3CC(F)(F)C3)C2)c(O)c1-c1c(OC)cccc1OC. The minimum atomic E-state index is -2.86. The fourth-order valence-electron chi connectivity index (χ4n) is 4.42. The van der Waals surface area contributed by atoms with E-state index in [1.54, 1.807) is 18.2 Å². The van der Waals surface area contributed by atoms with Crippen molar-refractivity contribution >= 4 is 17.3 Å². The fraction of sp³-hybridized carbons (Fsp3) is 0.440. The molecule has 1 fully saturated rings. The van der Waals surface area contributed by atoms with Crippen molar-refractivity contribution in [1.82, 2.24) is 9.88 Å². The smallest absolute Gasteiger partial charge is 0.282 e. The molecule has 2 aliphatic heterocycles. The Morgan fingerprint density at radius 1 is 1.14 bits per heavy atom. The van der Waals surface area contributed by atoms with Crippen LogP contribution in [-0.4, -0.2) is 65.6 Å². The lowest BCUT2D eigenvalue weighted by molar-refractivity contribution is -0.164. The van der Waals surface area contributed by atoms with Gasteiger partial charge in [0.25, 0.3) is 11.5 Å². The largest absolute Gasteiger partial charge is 0.506 e. The number of carbonyl (C=O) groups is 1. The summed E-state index contributed by atoms with van der Waals surface area (Å²) in [5.74, 6) is -2.74. The highest BCUT2D eigenvalue weighted by Crippen LogP contribution is 2.45. The van der Waals surface area contributed by atoms with E-state index in [-0.39, 0.29) is 29.9 Å². The van der Waals surface area contributed by atoms with E-state index in [9.17, 15) is 23.5 Å². The van der Waals surface area contributed by atoms with Crippen LogP contribution in [0.3, 0.4) is 0 Å². The van der Waals surface area contributed by atoms with Crippen LogP contribution < -0.4 is 15.0 Å². The zero-order valence-electron chi connectivity index (χ0n) is 20.4. The second-order valence-corrected chi connectivity index (χ2v) is 8.84. The number of pyridine rings is 1. The van der Waals surface area contributed by atoms with Crippen molar-refractivity contribution < 1.29 is 28.2 Å². The number of nitrogens with one attached hydrogen (secondary N) is 1. The number of halogens is 2. The molecule has 36 heavy (non-hydrogen) atoms. The number of ether oxygens (including phenoxy) is 2. The highest BCUT2D eigenvalue weighted by molar-refractivity contribution is 6.19. The fourth-order valence-corrected chi connectivity index (χ4v) is 4.42.